The van der Waals surface area contributed by atoms with Gasteiger partial charge in [0.15, 0.2) is 0 Å². The zero-order valence-corrected chi connectivity index (χ0v) is 23.6. The first-order valence-electron chi connectivity index (χ1n) is 13.3. The van der Waals surface area contributed by atoms with Gasteiger partial charge in [-0.25, -0.2) is 9.59 Å². The lowest BCUT2D eigenvalue weighted by Crippen LogP contribution is -2.29. The lowest BCUT2D eigenvalue weighted by Gasteiger charge is -2.15. The maximum atomic E-state index is 13.1. The second-order valence-electron chi connectivity index (χ2n) is 10.3. The summed E-state index contributed by atoms with van der Waals surface area (Å²) >= 11 is 3.03. The van der Waals surface area contributed by atoms with Crippen LogP contribution in [0.4, 0.5) is 23.0 Å². The third-order valence-corrected chi connectivity index (χ3v) is 9.72. The largest absolute Gasteiger partial charge is 0.459 e. The predicted molar refractivity (Wildman–Crippen MR) is 149 cm³/mol. The molecule has 39 heavy (non-hydrogen) atoms. The topological polar surface area (TPSA) is 67.4 Å². The highest BCUT2D eigenvalue weighted by Crippen LogP contribution is 2.42. The molecule has 0 aliphatic heterocycles. The molecule has 0 radical (unpaired) electrons. The van der Waals surface area contributed by atoms with Crippen molar-refractivity contribution in [3.05, 3.63) is 61.8 Å². The van der Waals surface area contributed by atoms with Crippen molar-refractivity contribution in [2.24, 2.45) is 0 Å². The summed E-state index contributed by atoms with van der Waals surface area (Å²) in [4.78, 5) is 29.3. The van der Waals surface area contributed by atoms with Crippen molar-refractivity contribution in [1.82, 2.24) is 5.32 Å². The highest BCUT2D eigenvalue weighted by molar-refractivity contribution is 7.17. The van der Waals surface area contributed by atoms with E-state index in [-0.39, 0.29) is 12.6 Å². The van der Waals surface area contributed by atoms with E-state index in [4.69, 9.17) is 4.74 Å². The van der Waals surface area contributed by atoms with Crippen molar-refractivity contribution >= 4 is 39.7 Å². The van der Waals surface area contributed by atoms with Gasteiger partial charge in [-0.05, 0) is 99.6 Å². The number of benzene rings is 1. The van der Waals surface area contributed by atoms with Gasteiger partial charge in [-0.3, -0.25) is 5.32 Å². The summed E-state index contributed by atoms with van der Waals surface area (Å²) in [5.74, 6) is -0.420. The van der Waals surface area contributed by atoms with E-state index in [1.807, 2.05) is 0 Å². The number of thiophene rings is 2. The number of alkyl halides is 3. The Balaban J connectivity index is 1.37. The van der Waals surface area contributed by atoms with E-state index in [9.17, 15) is 22.8 Å². The Morgan fingerprint density at radius 1 is 0.923 bits per heavy atom. The molecule has 0 fully saturated rings. The van der Waals surface area contributed by atoms with Crippen LogP contribution < -0.4 is 10.6 Å². The van der Waals surface area contributed by atoms with Crippen LogP contribution in [0.3, 0.4) is 0 Å². The van der Waals surface area contributed by atoms with Crippen LogP contribution >= 0.6 is 22.7 Å². The normalized spacial score (nSPS) is 15.0. The minimum absolute atomic E-state index is 0.241. The van der Waals surface area contributed by atoms with Crippen LogP contribution in [-0.4, -0.2) is 18.1 Å². The average Bonchev–Trinajstić information content (AvgIpc) is 3.44. The van der Waals surface area contributed by atoms with Crippen LogP contribution in [0.1, 0.15) is 81.9 Å². The number of amides is 2. The lowest BCUT2D eigenvalue weighted by atomic mass is 9.93. The minimum Gasteiger partial charge on any atom is -0.459 e. The Labute approximate surface area is 233 Å². The average molecular weight is 577 g/mol. The summed E-state index contributed by atoms with van der Waals surface area (Å²) in [6, 6.07) is 4.79. The third-order valence-electron chi connectivity index (χ3n) is 7.13. The molecule has 5 nitrogen and oxygen atoms in total. The van der Waals surface area contributed by atoms with E-state index < -0.39 is 23.7 Å². The number of esters is 1. The quantitative estimate of drug-likeness (QED) is 0.291. The Hall–Kier alpha value is -2.85. The lowest BCUT2D eigenvalue weighted by molar-refractivity contribution is -0.137. The second-order valence-corrected chi connectivity index (χ2v) is 12.5. The van der Waals surface area contributed by atoms with Crippen molar-refractivity contribution in [1.29, 1.82) is 0 Å². The molecule has 2 N–H and O–H groups in total. The molecule has 2 aromatic heterocycles. The molecule has 3 aromatic rings. The molecule has 1 aromatic carbocycles. The van der Waals surface area contributed by atoms with E-state index in [2.05, 4.69) is 10.6 Å². The minimum atomic E-state index is -4.39. The summed E-state index contributed by atoms with van der Waals surface area (Å²) < 4.78 is 44.8. The van der Waals surface area contributed by atoms with Crippen molar-refractivity contribution in [2.75, 3.05) is 5.32 Å². The van der Waals surface area contributed by atoms with Crippen molar-refractivity contribution in [2.45, 2.75) is 84.0 Å². The zero-order chi connectivity index (χ0) is 27.7. The molecular formula is C29H31F3N2O3S2. The number of aryl methyl sites for hydroxylation is 2. The van der Waals surface area contributed by atoms with Gasteiger partial charge in [0.25, 0.3) is 0 Å². The van der Waals surface area contributed by atoms with Crippen molar-refractivity contribution in [3.63, 3.8) is 0 Å². The van der Waals surface area contributed by atoms with E-state index >= 15 is 0 Å². The van der Waals surface area contributed by atoms with Crippen LogP contribution in [-0.2, 0) is 43.1 Å². The molecule has 0 atom stereocenters. The van der Waals surface area contributed by atoms with Gasteiger partial charge in [-0.1, -0.05) is 12.1 Å². The van der Waals surface area contributed by atoms with Gasteiger partial charge in [-0.15, -0.1) is 22.7 Å². The number of rotatable bonds is 6. The highest BCUT2D eigenvalue weighted by atomic mass is 32.1. The number of urea groups is 1. The maximum absolute atomic E-state index is 13.1. The Morgan fingerprint density at radius 2 is 1.54 bits per heavy atom. The van der Waals surface area contributed by atoms with Gasteiger partial charge in [0.1, 0.15) is 5.00 Å². The number of fused-ring (bicyclic) bond motifs is 2. The molecule has 0 spiro atoms. The monoisotopic (exact) mass is 576 g/mol. The molecule has 5 rings (SSSR count). The smallest absolute Gasteiger partial charge is 0.416 e. The summed E-state index contributed by atoms with van der Waals surface area (Å²) in [6.45, 7) is 3.84. The van der Waals surface area contributed by atoms with Crippen LogP contribution in [0.5, 0.6) is 0 Å². The zero-order valence-electron chi connectivity index (χ0n) is 21.9. The summed E-state index contributed by atoms with van der Waals surface area (Å²) in [7, 11) is 0. The Bertz CT molecular complexity index is 1370. The predicted octanol–water partition coefficient (Wildman–Crippen LogP) is 8.14. The number of nitrogens with one attached hydrogen (secondary N) is 2. The fraction of sp³-hybridized carbons (Fsp3) is 0.448. The SMILES string of the molecule is CC(C)OC(=O)c1c(NC(=O)NCc2c(-c3ccc(C(F)(F)F)cc3)sc3c2CCCC3)sc2c1CCCC2. The summed E-state index contributed by atoms with van der Waals surface area (Å²) in [6.07, 6.45) is 2.97. The number of anilines is 1. The number of hydrogen-bond acceptors (Lipinski definition) is 5. The van der Waals surface area contributed by atoms with Gasteiger partial charge in [0.05, 0.1) is 17.2 Å². The van der Waals surface area contributed by atoms with Crippen molar-refractivity contribution in [3.8, 4) is 10.4 Å². The summed E-state index contributed by atoms with van der Waals surface area (Å²) in [5, 5.41) is 6.34. The first-order chi connectivity index (χ1) is 18.6. The molecule has 2 heterocycles. The molecular weight excluding hydrogens is 545 g/mol. The second kappa shape index (κ2) is 11.3. The Kier molecular flexibility index (Phi) is 8.05. The van der Waals surface area contributed by atoms with Crippen LogP contribution in [0.2, 0.25) is 0 Å². The molecule has 2 aliphatic carbocycles. The Morgan fingerprint density at radius 3 is 2.18 bits per heavy atom. The van der Waals surface area contributed by atoms with E-state index in [1.54, 1.807) is 25.2 Å². The highest BCUT2D eigenvalue weighted by Gasteiger charge is 2.31. The van der Waals surface area contributed by atoms with Gasteiger partial charge in [0.2, 0.25) is 0 Å². The van der Waals surface area contributed by atoms with Crippen molar-refractivity contribution < 1.29 is 27.5 Å². The number of carbonyl (C=O) groups is 2. The summed E-state index contributed by atoms with van der Waals surface area (Å²) in [5.41, 5.74) is 3.60. The molecule has 0 saturated carbocycles. The maximum Gasteiger partial charge on any atom is 0.416 e. The number of carbonyl (C=O) groups excluding carboxylic acids is 2. The number of halogens is 3. The number of ether oxygens (including phenoxy) is 1. The van der Waals surface area contributed by atoms with Gasteiger partial charge < -0.3 is 10.1 Å². The van der Waals surface area contributed by atoms with E-state index in [0.29, 0.717) is 16.1 Å². The molecule has 2 amide bonds. The molecule has 2 aliphatic rings. The molecule has 0 saturated heterocycles. The van der Waals surface area contributed by atoms with Crippen LogP contribution in [0, 0.1) is 0 Å². The van der Waals surface area contributed by atoms with E-state index in [0.717, 1.165) is 84.4 Å². The van der Waals surface area contributed by atoms with Crippen LogP contribution in [0.25, 0.3) is 10.4 Å². The first-order valence-corrected chi connectivity index (χ1v) is 15.0. The molecule has 0 unspecified atom stereocenters. The fourth-order valence-electron chi connectivity index (χ4n) is 5.32. The van der Waals surface area contributed by atoms with Gasteiger partial charge in [-0.2, -0.15) is 13.2 Å². The molecule has 0 bridgehead atoms. The third kappa shape index (κ3) is 6.01. The first kappa shape index (κ1) is 27.7. The van der Waals surface area contributed by atoms with Gasteiger partial charge in [0, 0.05) is 21.2 Å². The number of hydrogen-bond donors (Lipinski definition) is 2. The fourth-order valence-corrected chi connectivity index (χ4v) is 8.01. The molecule has 208 valence electrons. The standard InChI is InChI=1S/C29H31F3N2O3S2/c1-16(2)37-27(35)24-20-8-4-6-10-23(20)39-26(24)34-28(36)33-15-21-19-7-3-5-9-22(19)38-25(21)17-11-13-18(14-12-17)29(30,31)32/h11-14,16H,3-10,15H2,1-2H3,(H2,33,34,36). The van der Waals surface area contributed by atoms with Gasteiger partial charge >= 0.3 is 18.2 Å². The molecule has 10 heteroatoms. The van der Waals surface area contributed by atoms with E-state index in [1.165, 1.54) is 33.9 Å². The van der Waals surface area contributed by atoms with Crippen LogP contribution in [0.15, 0.2) is 24.3 Å².